The predicted octanol–water partition coefficient (Wildman–Crippen LogP) is 0.614. The molecule has 0 aliphatic heterocycles. The number of nitrogens with zero attached hydrogens (tertiary/aromatic N) is 1. The van der Waals surface area contributed by atoms with Crippen LogP contribution in [0.1, 0.15) is 0 Å². The van der Waals surface area contributed by atoms with E-state index in [0.717, 1.165) is 0 Å². The topological polar surface area (TPSA) is 144 Å². The molecule has 0 amide bonds. The fourth-order valence-electron chi connectivity index (χ4n) is 1.94. The summed E-state index contributed by atoms with van der Waals surface area (Å²) in [5.74, 6) is 0. The SMILES string of the molecule is NCCOCCOCCOCCOCCNc1ccc([N+](=O)[O-])c(N)c1. The maximum absolute atomic E-state index is 10.7. The zero-order chi connectivity index (χ0) is 19.0. The van der Waals surface area contributed by atoms with Gasteiger partial charge in [-0.2, -0.15) is 0 Å². The lowest BCUT2D eigenvalue weighted by atomic mass is 10.2. The molecule has 148 valence electrons. The van der Waals surface area contributed by atoms with Gasteiger partial charge in [0.1, 0.15) is 5.69 Å². The van der Waals surface area contributed by atoms with Crippen molar-refractivity contribution < 1.29 is 23.9 Å². The lowest BCUT2D eigenvalue weighted by Crippen LogP contribution is -2.15. The fraction of sp³-hybridized carbons (Fsp3) is 0.625. The number of ether oxygens (including phenoxy) is 4. The highest BCUT2D eigenvalue weighted by Crippen LogP contribution is 2.24. The molecule has 1 aromatic carbocycles. The number of nitro benzene ring substituents is 1. The number of anilines is 2. The van der Waals surface area contributed by atoms with Crippen molar-refractivity contribution in [2.24, 2.45) is 5.73 Å². The molecule has 0 aliphatic rings. The van der Waals surface area contributed by atoms with E-state index >= 15 is 0 Å². The first-order valence-corrected chi connectivity index (χ1v) is 8.44. The number of nitro groups is 1. The van der Waals surface area contributed by atoms with Gasteiger partial charge in [-0.05, 0) is 12.1 Å². The molecule has 0 fully saturated rings. The summed E-state index contributed by atoms with van der Waals surface area (Å²) in [6.45, 7) is 5.13. The molecule has 26 heavy (non-hydrogen) atoms. The maximum Gasteiger partial charge on any atom is 0.292 e. The van der Waals surface area contributed by atoms with Gasteiger partial charge in [0, 0.05) is 24.8 Å². The quantitative estimate of drug-likeness (QED) is 0.164. The summed E-state index contributed by atoms with van der Waals surface area (Å²) >= 11 is 0. The fourth-order valence-corrected chi connectivity index (χ4v) is 1.94. The molecule has 5 N–H and O–H groups in total. The van der Waals surface area contributed by atoms with E-state index in [9.17, 15) is 10.1 Å². The van der Waals surface area contributed by atoms with E-state index < -0.39 is 4.92 Å². The van der Waals surface area contributed by atoms with E-state index in [1.165, 1.54) is 12.1 Å². The lowest BCUT2D eigenvalue weighted by Gasteiger charge is -2.09. The molecular weight excluding hydrogens is 344 g/mol. The van der Waals surface area contributed by atoms with E-state index in [1.54, 1.807) is 6.07 Å². The molecule has 0 aromatic heterocycles. The average Bonchev–Trinajstić information content (AvgIpc) is 2.61. The van der Waals surface area contributed by atoms with Crippen LogP contribution < -0.4 is 16.8 Å². The first kappa shape index (κ1) is 22.1. The smallest absolute Gasteiger partial charge is 0.292 e. The molecule has 1 rings (SSSR count). The minimum Gasteiger partial charge on any atom is -0.393 e. The van der Waals surface area contributed by atoms with Crippen LogP contribution in [0.3, 0.4) is 0 Å². The third kappa shape index (κ3) is 10.1. The molecule has 0 radical (unpaired) electrons. The van der Waals surface area contributed by atoms with E-state index in [2.05, 4.69) is 5.32 Å². The largest absolute Gasteiger partial charge is 0.393 e. The molecule has 0 heterocycles. The molecule has 0 spiro atoms. The monoisotopic (exact) mass is 372 g/mol. The molecule has 0 unspecified atom stereocenters. The van der Waals surface area contributed by atoms with E-state index in [4.69, 9.17) is 30.4 Å². The van der Waals surface area contributed by atoms with Gasteiger partial charge in [0.15, 0.2) is 0 Å². The lowest BCUT2D eigenvalue weighted by molar-refractivity contribution is -0.383. The number of hydrogen-bond acceptors (Lipinski definition) is 9. The Kier molecular flexibility index (Phi) is 12.1. The first-order chi connectivity index (χ1) is 12.6. The predicted molar refractivity (Wildman–Crippen MR) is 98.3 cm³/mol. The van der Waals surface area contributed by atoms with Gasteiger partial charge in [-0.3, -0.25) is 10.1 Å². The van der Waals surface area contributed by atoms with Gasteiger partial charge < -0.3 is 35.7 Å². The molecule has 1 aromatic rings. The van der Waals surface area contributed by atoms with Crippen molar-refractivity contribution in [3.05, 3.63) is 28.3 Å². The Balaban J connectivity index is 1.92. The molecule has 0 atom stereocenters. The van der Waals surface area contributed by atoms with Gasteiger partial charge in [-0.25, -0.2) is 0 Å². The summed E-state index contributed by atoms with van der Waals surface area (Å²) in [4.78, 5) is 10.2. The number of nitrogen functional groups attached to an aromatic ring is 1. The summed E-state index contributed by atoms with van der Waals surface area (Å²) in [7, 11) is 0. The van der Waals surface area contributed by atoms with E-state index in [-0.39, 0.29) is 11.4 Å². The van der Waals surface area contributed by atoms with Crippen molar-refractivity contribution in [2.45, 2.75) is 0 Å². The normalized spacial score (nSPS) is 10.8. The molecule has 10 nitrogen and oxygen atoms in total. The van der Waals surface area contributed by atoms with Crippen molar-refractivity contribution in [1.29, 1.82) is 0 Å². The summed E-state index contributed by atoms with van der Waals surface area (Å²) in [6.07, 6.45) is 0. The van der Waals surface area contributed by atoms with Gasteiger partial charge in [-0.1, -0.05) is 0 Å². The Morgan fingerprint density at radius 2 is 1.46 bits per heavy atom. The van der Waals surface area contributed by atoms with Crippen LogP contribution in [0.15, 0.2) is 18.2 Å². The van der Waals surface area contributed by atoms with Crippen LogP contribution in [0.5, 0.6) is 0 Å². The Morgan fingerprint density at radius 3 is 1.96 bits per heavy atom. The van der Waals surface area contributed by atoms with Gasteiger partial charge >= 0.3 is 0 Å². The first-order valence-electron chi connectivity index (χ1n) is 8.44. The molecular formula is C16H28N4O6. The van der Waals surface area contributed by atoms with Crippen LogP contribution >= 0.6 is 0 Å². The van der Waals surface area contributed by atoms with Crippen molar-refractivity contribution in [1.82, 2.24) is 0 Å². The van der Waals surface area contributed by atoms with Crippen LogP contribution in [-0.4, -0.2) is 70.9 Å². The Bertz CT molecular complexity index is 518. The summed E-state index contributed by atoms with van der Waals surface area (Å²) in [6, 6.07) is 4.51. The summed E-state index contributed by atoms with van der Waals surface area (Å²) < 4.78 is 21.3. The zero-order valence-corrected chi connectivity index (χ0v) is 14.9. The third-order valence-corrected chi connectivity index (χ3v) is 3.18. The number of nitrogens with one attached hydrogen (secondary N) is 1. The molecule has 0 aliphatic carbocycles. The number of nitrogens with two attached hydrogens (primary N) is 2. The Labute approximate surface area is 152 Å². The van der Waals surface area contributed by atoms with Gasteiger partial charge in [0.2, 0.25) is 0 Å². The zero-order valence-electron chi connectivity index (χ0n) is 14.9. The van der Waals surface area contributed by atoms with Crippen LogP contribution in [-0.2, 0) is 18.9 Å². The van der Waals surface area contributed by atoms with Crippen molar-refractivity contribution in [2.75, 3.05) is 77.0 Å². The van der Waals surface area contributed by atoms with Crippen molar-refractivity contribution >= 4 is 17.1 Å². The summed E-state index contributed by atoms with van der Waals surface area (Å²) in [5.41, 5.74) is 11.6. The van der Waals surface area contributed by atoms with Crippen molar-refractivity contribution in [3.8, 4) is 0 Å². The van der Waals surface area contributed by atoms with Gasteiger partial charge in [-0.15, -0.1) is 0 Å². The third-order valence-electron chi connectivity index (χ3n) is 3.18. The molecule has 0 saturated carbocycles. The minimum absolute atomic E-state index is 0.101. The van der Waals surface area contributed by atoms with Crippen LogP contribution in [0.2, 0.25) is 0 Å². The van der Waals surface area contributed by atoms with Gasteiger partial charge in [0.05, 0.1) is 57.8 Å². The van der Waals surface area contributed by atoms with E-state index in [0.29, 0.717) is 71.6 Å². The molecule has 0 bridgehead atoms. The standard InChI is InChI=1S/C16H28N4O6/c17-3-5-23-7-9-25-11-12-26-10-8-24-6-4-19-14-1-2-16(20(21)22)15(18)13-14/h1-2,13,19H,3-12,17-18H2. The number of hydrogen-bond donors (Lipinski definition) is 3. The van der Waals surface area contributed by atoms with Crippen LogP contribution in [0.25, 0.3) is 0 Å². The van der Waals surface area contributed by atoms with Crippen LogP contribution in [0, 0.1) is 10.1 Å². The minimum atomic E-state index is -0.511. The van der Waals surface area contributed by atoms with E-state index in [1.807, 2.05) is 0 Å². The number of benzene rings is 1. The second-order valence-electron chi connectivity index (χ2n) is 5.20. The maximum atomic E-state index is 10.7. The summed E-state index contributed by atoms with van der Waals surface area (Å²) in [5, 5.41) is 13.8. The Morgan fingerprint density at radius 1 is 0.923 bits per heavy atom. The average molecular weight is 372 g/mol. The molecule has 0 saturated heterocycles. The van der Waals surface area contributed by atoms with Crippen molar-refractivity contribution in [3.63, 3.8) is 0 Å². The highest BCUT2D eigenvalue weighted by atomic mass is 16.6. The molecule has 10 heteroatoms. The second kappa shape index (κ2) is 14.2. The van der Waals surface area contributed by atoms with Crippen LogP contribution in [0.4, 0.5) is 17.1 Å². The second-order valence-corrected chi connectivity index (χ2v) is 5.20. The Hall–Kier alpha value is -1.98. The highest BCUT2D eigenvalue weighted by molar-refractivity contribution is 5.65. The number of rotatable bonds is 16. The highest BCUT2D eigenvalue weighted by Gasteiger charge is 2.10. The van der Waals surface area contributed by atoms with Gasteiger partial charge in [0.25, 0.3) is 5.69 Å².